The van der Waals surface area contributed by atoms with Crippen LogP contribution in [0.5, 0.6) is 0 Å². The summed E-state index contributed by atoms with van der Waals surface area (Å²) in [5, 5.41) is 20.3. The maximum atomic E-state index is 12.8. The van der Waals surface area contributed by atoms with Gasteiger partial charge in [0.2, 0.25) is 0 Å². The van der Waals surface area contributed by atoms with Crippen LogP contribution in [0.25, 0.3) is 0 Å². The number of amides is 1. The molecule has 0 saturated heterocycles. The first-order valence-corrected chi connectivity index (χ1v) is 10.4. The molecular formula is C22H13Cl4NO5. The molecule has 3 rings (SSSR count). The van der Waals surface area contributed by atoms with Gasteiger partial charge in [0.05, 0.1) is 31.2 Å². The van der Waals surface area contributed by atoms with Crippen LogP contribution in [0.2, 0.25) is 20.1 Å². The number of benzene rings is 3. The monoisotopic (exact) mass is 511 g/mol. The van der Waals surface area contributed by atoms with E-state index in [-0.39, 0.29) is 20.8 Å². The molecule has 32 heavy (non-hydrogen) atoms. The lowest BCUT2D eigenvalue weighted by molar-refractivity contribution is -0.137. The van der Waals surface area contributed by atoms with Gasteiger partial charge in [0.25, 0.3) is 5.91 Å². The minimum atomic E-state index is -1.51. The topological polar surface area (TPSA) is 104 Å². The Bertz CT molecular complexity index is 1210. The third-order valence-corrected chi connectivity index (χ3v) is 6.39. The summed E-state index contributed by atoms with van der Waals surface area (Å²) < 4.78 is 0. The van der Waals surface area contributed by atoms with E-state index in [2.05, 4.69) is 5.32 Å². The van der Waals surface area contributed by atoms with E-state index in [1.54, 1.807) is 42.5 Å². The SMILES string of the molecule is O=C(O)c1c(Cl)c(Cl)c(Cl)c(Cl)c1C(=O)Nc1ccc(C(C(=O)O)c2ccccc2)cc1. The molecular weight excluding hydrogens is 500 g/mol. The van der Waals surface area contributed by atoms with E-state index >= 15 is 0 Å². The quantitative estimate of drug-likeness (QED) is 0.259. The number of halogens is 4. The second kappa shape index (κ2) is 9.79. The molecule has 6 nitrogen and oxygen atoms in total. The normalized spacial score (nSPS) is 11.6. The molecule has 0 bridgehead atoms. The molecule has 1 amide bonds. The van der Waals surface area contributed by atoms with Crippen LogP contribution in [-0.4, -0.2) is 28.1 Å². The second-order valence-corrected chi connectivity index (χ2v) is 8.08. The fourth-order valence-corrected chi connectivity index (χ4v) is 4.14. The molecule has 0 aliphatic carbocycles. The van der Waals surface area contributed by atoms with E-state index < -0.39 is 39.9 Å². The fraction of sp³-hybridized carbons (Fsp3) is 0.0455. The van der Waals surface area contributed by atoms with Crippen molar-refractivity contribution in [3.63, 3.8) is 0 Å². The molecule has 1 unspecified atom stereocenters. The molecule has 3 aromatic carbocycles. The third-order valence-electron chi connectivity index (χ3n) is 4.59. The first kappa shape index (κ1) is 23.9. The number of hydrogen-bond acceptors (Lipinski definition) is 3. The van der Waals surface area contributed by atoms with Gasteiger partial charge >= 0.3 is 11.9 Å². The predicted octanol–water partition coefficient (Wildman–Crippen LogP) is 6.47. The van der Waals surface area contributed by atoms with E-state index in [1.165, 1.54) is 12.1 Å². The molecule has 0 saturated carbocycles. The van der Waals surface area contributed by atoms with Crippen molar-refractivity contribution < 1.29 is 24.6 Å². The highest BCUT2D eigenvalue weighted by molar-refractivity contribution is 6.54. The molecule has 1 atom stereocenters. The zero-order valence-electron chi connectivity index (χ0n) is 15.9. The number of carboxylic acids is 2. The third kappa shape index (κ3) is 4.69. The number of hydrogen-bond donors (Lipinski definition) is 3. The molecule has 0 aliphatic heterocycles. The van der Waals surface area contributed by atoms with Crippen LogP contribution in [0, 0.1) is 0 Å². The Labute approximate surface area is 202 Å². The summed E-state index contributed by atoms with van der Waals surface area (Å²) in [6, 6.07) is 14.7. The molecule has 0 fully saturated rings. The lowest BCUT2D eigenvalue weighted by Gasteiger charge is -2.15. The highest BCUT2D eigenvalue weighted by atomic mass is 35.5. The van der Waals surface area contributed by atoms with Gasteiger partial charge in [-0.3, -0.25) is 9.59 Å². The Morgan fingerprint density at radius 3 is 1.69 bits per heavy atom. The van der Waals surface area contributed by atoms with Crippen molar-refractivity contribution in [3.8, 4) is 0 Å². The van der Waals surface area contributed by atoms with E-state index in [1.807, 2.05) is 0 Å². The van der Waals surface area contributed by atoms with Crippen molar-refractivity contribution in [2.45, 2.75) is 5.92 Å². The molecule has 0 radical (unpaired) electrons. The van der Waals surface area contributed by atoms with Crippen LogP contribution in [0.1, 0.15) is 37.8 Å². The first-order chi connectivity index (χ1) is 15.1. The van der Waals surface area contributed by atoms with Crippen LogP contribution < -0.4 is 5.32 Å². The van der Waals surface area contributed by atoms with Crippen molar-refractivity contribution >= 4 is 69.9 Å². The molecule has 164 valence electrons. The Morgan fingerprint density at radius 1 is 0.688 bits per heavy atom. The number of aromatic carboxylic acids is 1. The van der Waals surface area contributed by atoms with Gasteiger partial charge in [-0.2, -0.15) is 0 Å². The van der Waals surface area contributed by atoms with Crippen LogP contribution >= 0.6 is 46.4 Å². The lowest BCUT2D eigenvalue weighted by atomic mass is 9.91. The zero-order chi connectivity index (χ0) is 23.6. The Hall–Kier alpha value is -2.77. The van der Waals surface area contributed by atoms with Gasteiger partial charge in [0.1, 0.15) is 5.92 Å². The molecule has 10 heteroatoms. The summed E-state index contributed by atoms with van der Waals surface area (Å²) in [6.07, 6.45) is 0. The fourth-order valence-electron chi connectivity index (χ4n) is 3.12. The number of anilines is 1. The van der Waals surface area contributed by atoms with E-state index in [9.17, 15) is 24.6 Å². The highest BCUT2D eigenvalue weighted by Crippen LogP contribution is 2.41. The van der Waals surface area contributed by atoms with Crippen molar-refractivity contribution in [1.82, 2.24) is 0 Å². The average Bonchev–Trinajstić information content (AvgIpc) is 2.76. The molecule has 0 aromatic heterocycles. The van der Waals surface area contributed by atoms with E-state index in [0.29, 0.717) is 11.1 Å². The number of aliphatic carboxylic acids is 1. The number of nitrogens with one attached hydrogen (secondary N) is 1. The van der Waals surface area contributed by atoms with Crippen LogP contribution in [-0.2, 0) is 4.79 Å². The van der Waals surface area contributed by atoms with Gasteiger partial charge in [0.15, 0.2) is 0 Å². The Morgan fingerprint density at radius 2 is 1.19 bits per heavy atom. The molecule has 3 aromatic rings. The van der Waals surface area contributed by atoms with Crippen molar-refractivity contribution in [2.75, 3.05) is 5.32 Å². The summed E-state index contributed by atoms with van der Waals surface area (Å²) in [4.78, 5) is 36.3. The molecule has 3 N–H and O–H groups in total. The van der Waals surface area contributed by atoms with Crippen molar-refractivity contribution in [1.29, 1.82) is 0 Å². The van der Waals surface area contributed by atoms with Gasteiger partial charge in [-0.05, 0) is 23.3 Å². The smallest absolute Gasteiger partial charge is 0.338 e. The number of carboxylic acid groups (broad SMARTS) is 2. The summed E-state index contributed by atoms with van der Waals surface area (Å²) in [5.41, 5.74) is 0.319. The predicted molar refractivity (Wildman–Crippen MR) is 124 cm³/mol. The van der Waals surface area contributed by atoms with E-state index in [0.717, 1.165) is 0 Å². The van der Waals surface area contributed by atoms with Gasteiger partial charge in [-0.25, -0.2) is 4.79 Å². The number of carbonyl (C=O) groups is 3. The largest absolute Gasteiger partial charge is 0.481 e. The first-order valence-electron chi connectivity index (χ1n) is 8.91. The average molecular weight is 513 g/mol. The second-order valence-electron chi connectivity index (χ2n) is 6.57. The van der Waals surface area contributed by atoms with Crippen molar-refractivity contribution in [2.24, 2.45) is 0 Å². The van der Waals surface area contributed by atoms with Gasteiger partial charge in [-0.1, -0.05) is 88.9 Å². The molecule has 0 aliphatic rings. The Kier molecular flexibility index (Phi) is 7.31. The highest BCUT2D eigenvalue weighted by Gasteiger charge is 2.29. The summed E-state index contributed by atoms with van der Waals surface area (Å²) in [7, 11) is 0. The maximum Gasteiger partial charge on any atom is 0.338 e. The standard InChI is InChI=1S/C22H13Cl4NO5/c23-16-14(15(22(31)32)17(24)19(26)18(16)25)20(28)27-12-8-6-11(7-9-12)13(21(29)30)10-4-2-1-3-5-10/h1-9,13H,(H,27,28)(H,29,30)(H,31,32). The Balaban J connectivity index is 1.94. The summed E-state index contributed by atoms with van der Waals surface area (Å²) >= 11 is 23.9. The minimum Gasteiger partial charge on any atom is -0.481 e. The van der Waals surface area contributed by atoms with Crippen molar-refractivity contribution in [3.05, 3.63) is 96.9 Å². The number of rotatable bonds is 6. The van der Waals surface area contributed by atoms with E-state index in [4.69, 9.17) is 46.4 Å². The molecule has 0 heterocycles. The van der Waals surface area contributed by atoms with Crippen LogP contribution in [0.3, 0.4) is 0 Å². The van der Waals surface area contributed by atoms with Crippen LogP contribution in [0.15, 0.2) is 54.6 Å². The van der Waals surface area contributed by atoms with Crippen LogP contribution in [0.4, 0.5) is 5.69 Å². The number of carbonyl (C=O) groups excluding carboxylic acids is 1. The van der Waals surface area contributed by atoms with Gasteiger partial charge in [-0.15, -0.1) is 0 Å². The maximum absolute atomic E-state index is 12.8. The summed E-state index contributed by atoms with van der Waals surface area (Å²) in [6.45, 7) is 0. The molecule has 0 spiro atoms. The lowest BCUT2D eigenvalue weighted by Crippen LogP contribution is -2.18. The summed E-state index contributed by atoms with van der Waals surface area (Å²) in [5.74, 6) is -4.32. The zero-order valence-corrected chi connectivity index (χ0v) is 18.9. The van der Waals surface area contributed by atoms with Gasteiger partial charge in [0, 0.05) is 5.69 Å². The minimum absolute atomic E-state index is 0.254. The van der Waals surface area contributed by atoms with Gasteiger partial charge < -0.3 is 15.5 Å².